The minimum atomic E-state index is -0.458. The van der Waals surface area contributed by atoms with Crippen LogP contribution in [-0.2, 0) is 4.74 Å². The second-order valence-corrected chi connectivity index (χ2v) is 5.85. The number of nitrogens with one attached hydrogen (secondary N) is 1. The molecular weight excluding hydrogens is 315 g/mol. The topological polar surface area (TPSA) is 64.3 Å². The quantitative estimate of drug-likeness (QED) is 0.863. The van der Waals surface area contributed by atoms with E-state index in [-0.39, 0.29) is 29.7 Å². The molecule has 1 aliphatic carbocycles. The van der Waals surface area contributed by atoms with Crippen LogP contribution in [0.1, 0.15) is 16.8 Å². The number of amides is 1. The summed E-state index contributed by atoms with van der Waals surface area (Å²) in [7, 11) is 0. The first-order valence-electron chi connectivity index (χ1n) is 6.21. The Hall–Kier alpha value is -0.980. The summed E-state index contributed by atoms with van der Waals surface area (Å²) < 4.78 is 19.3. The zero-order chi connectivity index (χ0) is 13.6. The summed E-state index contributed by atoms with van der Waals surface area (Å²) in [5.41, 5.74) is 6.30. The third-order valence-corrected chi connectivity index (χ3v) is 4.57. The number of halogens is 2. The van der Waals surface area contributed by atoms with Gasteiger partial charge in [0, 0.05) is 24.1 Å². The highest BCUT2D eigenvalue weighted by Gasteiger charge is 2.52. The van der Waals surface area contributed by atoms with E-state index in [1.54, 1.807) is 6.07 Å². The molecule has 1 aliphatic heterocycles. The summed E-state index contributed by atoms with van der Waals surface area (Å²) in [5, 5.41) is 2.83. The van der Waals surface area contributed by atoms with Gasteiger partial charge in [-0.25, -0.2) is 4.39 Å². The Bertz CT molecular complexity index is 525. The molecule has 3 N–H and O–H groups in total. The van der Waals surface area contributed by atoms with Crippen LogP contribution in [0.25, 0.3) is 0 Å². The van der Waals surface area contributed by atoms with Gasteiger partial charge in [-0.3, -0.25) is 4.79 Å². The molecule has 0 radical (unpaired) electrons. The monoisotopic (exact) mass is 328 g/mol. The van der Waals surface area contributed by atoms with Crippen molar-refractivity contribution in [3.05, 3.63) is 34.1 Å². The average molecular weight is 329 g/mol. The van der Waals surface area contributed by atoms with Gasteiger partial charge < -0.3 is 15.8 Å². The Balaban J connectivity index is 1.70. The Morgan fingerprint density at radius 3 is 3.05 bits per heavy atom. The van der Waals surface area contributed by atoms with Gasteiger partial charge in [0.05, 0.1) is 16.6 Å². The average Bonchev–Trinajstić information content (AvgIpc) is 2.83. The highest BCUT2D eigenvalue weighted by Crippen LogP contribution is 2.37. The summed E-state index contributed by atoms with van der Waals surface area (Å²) in [6.07, 6.45) is 0.963. The van der Waals surface area contributed by atoms with Crippen LogP contribution in [0.2, 0.25) is 0 Å². The molecule has 6 heteroatoms. The maximum atomic E-state index is 13.4. The van der Waals surface area contributed by atoms with E-state index >= 15 is 0 Å². The third-order valence-electron chi connectivity index (χ3n) is 3.93. The number of ether oxygens (including phenoxy) is 1. The summed E-state index contributed by atoms with van der Waals surface area (Å²) >= 11 is 3.05. The largest absolute Gasteiger partial charge is 0.376 e. The number of fused-ring (bicyclic) bond motifs is 1. The smallest absolute Gasteiger partial charge is 0.251 e. The normalized spacial score (nSPS) is 32.6. The molecule has 0 spiro atoms. The molecule has 3 rings (SSSR count). The van der Waals surface area contributed by atoms with E-state index in [1.165, 1.54) is 12.1 Å². The van der Waals surface area contributed by atoms with Gasteiger partial charge >= 0.3 is 0 Å². The standard InChI is InChI=1S/C13H14BrFN2O2/c14-8-2-1-6(5-9(8)15)13(18)17-11-10(16)7-3-4-19-12(7)11/h1-2,5,7,10-12H,3-4,16H2,(H,17,18). The predicted molar refractivity (Wildman–Crippen MR) is 71.2 cm³/mol. The predicted octanol–water partition coefficient (Wildman–Crippen LogP) is 1.43. The van der Waals surface area contributed by atoms with Crippen molar-refractivity contribution >= 4 is 21.8 Å². The summed E-state index contributed by atoms with van der Waals surface area (Å²) in [4.78, 5) is 12.0. The van der Waals surface area contributed by atoms with E-state index < -0.39 is 5.82 Å². The van der Waals surface area contributed by atoms with Crippen molar-refractivity contribution in [3.8, 4) is 0 Å². The number of nitrogens with two attached hydrogens (primary N) is 1. The van der Waals surface area contributed by atoms with Crippen molar-refractivity contribution in [1.29, 1.82) is 0 Å². The lowest BCUT2D eigenvalue weighted by atomic mass is 9.72. The van der Waals surface area contributed by atoms with Gasteiger partial charge in [0.2, 0.25) is 0 Å². The molecule has 2 aliphatic rings. The van der Waals surface area contributed by atoms with E-state index in [2.05, 4.69) is 21.2 Å². The SMILES string of the molecule is NC1C2CCOC2C1NC(=O)c1ccc(Br)c(F)c1. The van der Waals surface area contributed by atoms with Crippen molar-refractivity contribution in [2.24, 2.45) is 11.7 Å². The molecule has 1 saturated carbocycles. The molecule has 1 saturated heterocycles. The Kier molecular flexibility index (Phi) is 3.32. The fraction of sp³-hybridized carbons (Fsp3) is 0.462. The lowest BCUT2D eigenvalue weighted by molar-refractivity contribution is -0.0161. The van der Waals surface area contributed by atoms with Crippen LogP contribution >= 0.6 is 15.9 Å². The highest BCUT2D eigenvalue weighted by molar-refractivity contribution is 9.10. The van der Waals surface area contributed by atoms with E-state index in [1.807, 2.05) is 0 Å². The molecule has 19 heavy (non-hydrogen) atoms. The van der Waals surface area contributed by atoms with Gasteiger partial charge in [0.1, 0.15) is 5.82 Å². The molecule has 4 nitrogen and oxygen atoms in total. The van der Waals surface area contributed by atoms with Gasteiger partial charge in [-0.1, -0.05) is 0 Å². The van der Waals surface area contributed by atoms with Crippen LogP contribution in [0.4, 0.5) is 4.39 Å². The van der Waals surface area contributed by atoms with Gasteiger partial charge in [-0.15, -0.1) is 0 Å². The van der Waals surface area contributed by atoms with E-state index in [0.717, 1.165) is 6.42 Å². The first kappa shape index (κ1) is 13.0. The van der Waals surface area contributed by atoms with E-state index in [9.17, 15) is 9.18 Å². The molecule has 4 atom stereocenters. The van der Waals surface area contributed by atoms with Gasteiger partial charge in [0.25, 0.3) is 5.91 Å². The minimum absolute atomic E-state index is 0.0132. The summed E-state index contributed by atoms with van der Waals surface area (Å²) in [6.45, 7) is 0.697. The number of hydrogen-bond donors (Lipinski definition) is 2. The van der Waals surface area contributed by atoms with Crippen molar-refractivity contribution in [2.75, 3.05) is 6.61 Å². The van der Waals surface area contributed by atoms with Gasteiger partial charge in [-0.2, -0.15) is 0 Å². The first-order chi connectivity index (χ1) is 9.08. The maximum absolute atomic E-state index is 13.4. The molecule has 1 aromatic carbocycles. The molecule has 102 valence electrons. The van der Waals surface area contributed by atoms with Crippen LogP contribution in [0, 0.1) is 11.7 Å². The second kappa shape index (κ2) is 4.85. The van der Waals surface area contributed by atoms with Crippen molar-refractivity contribution < 1.29 is 13.9 Å². The fourth-order valence-electron chi connectivity index (χ4n) is 2.80. The number of hydrogen-bond acceptors (Lipinski definition) is 3. The molecule has 0 bridgehead atoms. The Morgan fingerprint density at radius 1 is 1.53 bits per heavy atom. The summed E-state index contributed by atoms with van der Waals surface area (Å²) in [5.74, 6) is -0.437. The molecule has 1 heterocycles. The first-order valence-corrected chi connectivity index (χ1v) is 7.00. The van der Waals surface area contributed by atoms with E-state index in [0.29, 0.717) is 17.0 Å². The maximum Gasteiger partial charge on any atom is 0.251 e. The third kappa shape index (κ3) is 2.17. The molecular formula is C13H14BrFN2O2. The molecule has 0 aromatic heterocycles. The van der Waals surface area contributed by atoms with Crippen LogP contribution in [-0.4, -0.2) is 30.7 Å². The van der Waals surface area contributed by atoms with Gasteiger partial charge in [0.15, 0.2) is 0 Å². The number of carbonyl (C=O) groups is 1. The molecule has 2 fully saturated rings. The number of carbonyl (C=O) groups excluding carboxylic acids is 1. The zero-order valence-corrected chi connectivity index (χ0v) is 11.7. The lowest BCUT2D eigenvalue weighted by Crippen LogP contribution is -2.68. The minimum Gasteiger partial charge on any atom is -0.376 e. The van der Waals surface area contributed by atoms with Crippen molar-refractivity contribution in [2.45, 2.75) is 24.6 Å². The molecule has 1 amide bonds. The van der Waals surface area contributed by atoms with Crippen LogP contribution in [0.3, 0.4) is 0 Å². The van der Waals surface area contributed by atoms with Crippen LogP contribution < -0.4 is 11.1 Å². The van der Waals surface area contributed by atoms with Crippen LogP contribution in [0.15, 0.2) is 22.7 Å². The zero-order valence-electron chi connectivity index (χ0n) is 10.1. The van der Waals surface area contributed by atoms with Gasteiger partial charge in [-0.05, 0) is 40.5 Å². The fourth-order valence-corrected chi connectivity index (χ4v) is 3.05. The Labute approximate surface area is 118 Å². The highest BCUT2D eigenvalue weighted by atomic mass is 79.9. The molecule has 1 aromatic rings. The Morgan fingerprint density at radius 2 is 2.32 bits per heavy atom. The van der Waals surface area contributed by atoms with Crippen molar-refractivity contribution in [1.82, 2.24) is 5.32 Å². The van der Waals surface area contributed by atoms with Crippen LogP contribution in [0.5, 0.6) is 0 Å². The summed E-state index contributed by atoms with van der Waals surface area (Å²) in [6, 6.07) is 4.04. The van der Waals surface area contributed by atoms with E-state index in [4.69, 9.17) is 10.5 Å². The second-order valence-electron chi connectivity index (χ2n) is 4.99. The number of benzene rings is 1. The molecule has 4 unspecified atom stereocenters. The van der Waals surface area contributed by atoms with Crippen molar-refractivity contribution in [3.63, 3.8) is 0 Å². The number of rotatable bonds is 2. The lowest BCUT2D eigenvalue weighted by Gasteiger charge is -2.45.